The number of hydrogen-bond acceptors (Lipinski definition) is 5. The van der Waals surface area contributed by atoms with E-state index in [0.29, 0.717) is 30.0 Å². The van der Waals surface area contributed by atoms with Crippen LogP contribution in [0.1, 0.15) is 21.5 Å². The predicted molar refractivity (Wildman–Crippen MR) is 133 cm³/mol. The number of nitrogens with two attached hydrogens (primary N) is 1. The van der Waals surface area contributed by atoms with Gasteiger partial charge >= 0.3 is 0 Å². The Kier molecular flexibility index (Phi) is 6.70. The number of rotatable bonds is 7. The molecule has 1 aliphatic heterocycles. The minimum Gasteiger partial charge on any atom is -0.405 e. The van der Waals surface area contributed by atoms with Crippen molar-refractivity contribution in [2.24, 2.45) is 16.6 Å². The molecule has 3 aromatic rings. The molecule has 7 nitrogen and oxygen atoms in total. The van der Waals surface area contributed by atoms with Crippen LogP contribution >= 0.6 is 0 Å². The number of hydrogen-bond donors (Lipinski definition) is 2. The second kappa shape index (κ2) is 9.83. The van der Waals surface area contributed by atoms with Crippen molar-refractivity contribution >= 4 is 22.4 Å². The summed E-state index contributed by atoms with van der Waals surface area (Å²) in [4.78, 5) is 32.1. The van der Waals surface area contributed by atoms with Gasteiger partial charge in [0.15, 0.2) is 0 Å². The molecule has 0 unspecified atom stereocenters. The van der Waals surface area contributed by atoms with Crippen molar-refractivity contribution in [3.8, 4) is 0 Å². The molecule has 170 valence electrons. The van der Waals surface area contributed by atoms with Crippen molar-refractivity contribution in [3.63, 3.8) is 0 Å². The zero-order valence-corrected chi connectivity index (χ0v) is 19.0. The Morgan fingerprint density at radius 1 is 1.18 bits per heavy atom. The molecular weight excluding hydrogens is 414 g/mol. The van der Waals surface area contributed by atoms with Gasteiger partial charge in [0.25, 0.3) is 11.5 Å². The highest BCUT2D eigenvalue weighted by Gasteiger charge is 2.23. The third-order valence-corrected chi connectivity index (χ3v) is 6.00. The quantitative estimate of drug-likeness (QED) is 0.548. The first kappa shape index (κ1) is 22.5. The molecule has 0 bridgehead atoms. The molecule has 0 spiro atoms. The predicted octanol–water partition coefficient (Wildman–Crippen LogP) is 2.23. The molecule has 0 saturated carbocycles. The average molecular weight is 444 g/mol. The first-order valence-electron chi connectivity index (χ1n) is 11.0. The average Bonchev–Trinajstić information content (AvgIpc) is 2.81. The molecule has 1 amide bonds. The summed E-state index contributed by atoms with van der Waals surface area (Å²) in [6.07, 6.45) is 4.97. The fraction of sp³-hybridized carbons (Fsp3) is 0.269. The topological polar surface area (TPSA) is 92.7 Å². The molecule has 33 heavy (non-hydrogen) atoms. The van der Waals surface area contributed by atoms with E-state index in [-0.39, 0.29) is 11.5 Å². The summed E-state index contributed by atoms with van der Waals surface area (Å²) >= 11 is 0. The van der Waals surface area contributed by atoms with Crippen molar-refractivity contribution in [3.05, 3.63) is 94.0 Å². The lowest BCUT2D eigenvalue weighted by Crippen LogP contribution is -2.49. The van der Waals surface area contributed by atoms with Crippen molar-refractivity contribution in [2.75, 3.05) is 33.7 Å². The van der Waals surface area contributed by atoms with E-state index in [1.54, 1.807) is 30.0 Å². The van der Waals surface area contributed by atoms with E-state index >= 15 is 0 Å². The number of aliphatic imine (C=N–C) groups is 1. The number of carbonyl (C=O) groups excluding carboxylic acids is 1. The number of amides is 1. The lowest BCUT2D eigenvalue weighted by Gasteiger charge is -2.36. The molecule has 1 fully saturated rings. The van der Waals surface area contributed by atoms with Gasteiger partial charge in [-0.25, -0.2) is 0 Å². The number of likely N-dealkylation sites (tertiary alicyclic amines) is 1. The minimum absolute atomic E-state index is 0.0765. The second-order valence-corrected chi connectivity index (χ2v) is 8.52. The Hall–Kier alpha value is -3.71. The first-order chi connectivity index (χ1) is 16.0. The van der Waals surface area contributed by atoms with Crippen LogP contribution in [0.2, 0.25) is 0 Å². The number of nitrogens with zero attached hydrogens (tertiary/aromatic N) is 3. The van der Waals surface area contributed by atoms with Gasteiger partial charge in [0.1, 0.15) is 0 Å². The summed E-state index contributed by atoms with van der Waals surface area (Å²) < 4.78 is 1.66. The van der Waals surface area contributed by atoms with Crippen LogP contribution in [0.5, 0.6) is 0 Å². The van der Waals surface area contributed by atoms with Crippen molar-refractivity contribution in [2.45, 2.75) is 6.54 Å². The van der Waals surface area contributed by atoms with Crippen molar-refractivity contribution in [1.29, 1.82) is 0 Å². The van der Waals surface area contributed by atoms with E-state index in [1.807, 2.05) is 42.5 Å². The zero-order valence-electron chi connectivity index (χ0n) is 19.0. The van der Waals surface area contributed by atoms with E-state index in [4.69, 9.17) is 5.73 Å². The maximum absolute atomic E-state index is 13.1. The Labute approximate surface area is 193 Å². The maximum Gasteiger partial charge on any atom is 0.258 e. The van der Waals surface area contributed by atoms with Crippen LogP contribution in [0.4, 0.5) is 0 Å². The van der Waals surface area contributed by atoms with Crippen LogP contribution < -0.4 is 16.6 Å². The van der Waals surface area contributed by atoms with Crippen LogP contribution in [0.3, 0.4) is 0 Å². The van der Waals surface area contributed by atoms with Crippen LogP contribution in [0, 0.1) is 5.92 Å². The summed E-state index contributed by atoms with van der Waals surface area (Å²) in [5, 5.41) is 4.49. The summed E-state index contributed by atoms with van der Waals surface area (Å²) in [6.45, 7) is 3.11. The van der Waals surface area contributed by atoms with Gasteiger partial charge in [0.05, 0.1) is 12.3 Å². The van der Waals surface area contributed by atoms with Gasteiger partial charge in [0, 0.05) is 55.3 Å². The van der Waals surface area contributed by atoms with Crippen LogP contribution in [0.25, 0.3) is 10.8 Å². The molecule has 0 aliphatic carbocycles. The van der Waals surface area contributed by atoms with Crippen molar-refractivity contribution < 1.29 is 4.79 Å². The van der Waals surface area contributed by atoms with Crippen LogP contribution in [-0.2, 0) is 6.54 Å². The van der Waals surface area contributed by atoms with E-state index in [9.17, 15) is 9.59 Å². The summed E-state index contributed by atoms with van der Waals surface area (Å²) in [7, 11) is 3.78. The molecule has 2 heterocycles. The summed E-state index contributed by atoms with van der Waals surface area (Å²) in [5.74, 6) is 0.439. The van der Waals surface area contributed by atoms with Gasteiger partial charge in [-0.1, -0.05) is 18.2 Å². The largest absolute Gasteiger partial charge is 0.405 e. The van der Waals surface area contributed by atoms with E-state index < -0.39 is 0 Å². The molecule has 1 aliphatic rings. The number of nitrogens with one attached hydrogen (secondary N) is 1. The molecule has 1 aromatic heterocycles. The fourth-order valence-electron chi connectivity index (χ4n) is 4.27. The molecular formula is C26H29N5O2. The third kappa shape index (κ3) is 5.04. The molecule has 0 atom stereocenters. The van der Waals surface area contributed by atoms with Crippen LogP contribution in [-0.4, -0.2) is 54.8 Å². The highest BCUT2D eigenvalue weighted by molar-refractivity contribution is 6.10. The smallest absolute Gasteiger partial charge is 0.258 e. The van der Waals surface area contributed by atoms with Gasteiger partial charge in [-0.05, 0) is 60.6 Å². The van der Waals surface area contributed by atoms with Gasteiger partial charge in [0.2, 0.25) is 0 Å². The minimum atomic E-state index is -0.0790. The summed E-state index contributed by atoms with van der Waals surface area (Å²) in [6, 6.07) is 15.0. The van der Waals surface area contributed by atoms with Gasteiger partial charge in [-0.2, -0.15) is 0 Å². The monoisotopic (exact) mass is 443 g/mol. The van der Waals surface area contributed by atoms with Gasteiger partial charge < -0.3 is 20.5 Å². The number of fused-ring (bicyclic) bond motifs is 1. The number of pyridine rings is 1. The maximum atomic E-state index is 13.1. The standard InChI is InChI=1S/C26H29N5O2/c1-28-24(8-10-27)21-6-7-23-20(13-21)9-11-31(26(23)33)17-18-4-3-5-22(12-18)25(32)29-14-19-15-30(2)16-19/h3-13,19H,14-17,27H2,1-2H3,(H,29,32)/b10-8-,28-24?. The molecule has 0 radical (unpaired) electrons. The van der Waals surface area contributed by atoms with Crippen LogP contribution in [0.15, 0.2) is 76.8 Å². The van der Waals surface area contributed by atoms with Crippen molar-refractivity contribution in [1.82, 2.24) is 14.8 Å². The van der Waals surface area contributed by atoms with Gasteiger partial charge in [-0.3, -0.25) is 14.6 Å². The Balaban J connectivity index is 1.51. The molecule has 7 heteroatoms. The van der Waals surface area contributed by atoms with E-state index in [2.05, 4.69) is 22.3 Å². The Morgan fingerprint density at radius 3 is 2.73 bits per heavy atom. The highest BCUT2D eigenvalue weighted by atomic mass is 16.1. The lowest BCUT2D eigenvalue weighted by molar-refractivity contribution is 0.0898. The second-order valence-electron chi connectivity index (χ2n) is 8.52. The molecule has 4 rings (SSSR count). The Bertz CT molecular complexity index is 1290. The third-order valence-electron chi connectivity index (χ3n) is 6.00. The lowest BCUT2D eigenvalue weighted by atomic mass is 10.0. The SMILES string of the molecule is CN=C(/C=C\N)c1ccc2c(=O)n(Cc3cccc(C(=O)NCC4CN(C)C4)c3)ccc2c1. The zero-order chi connectivity index (χ0) is 23.4. The molecule has 3 N–H and O–H groups in total. The Morgan fingerprint density at radius 2 is 2.00 bits per heavy atom. The summed E-state index contributed by atoms with van der Waals surface area (Å²) in [5.41, 5.74) is 8.59. The van der Waals surface area contributed by atoms with E-state index in [0.717, 1.165) is 35.3 Å². The number of aromatic nitrogens is 1. The molecule has 1 saturated heterocycles. The van der Waals surface area contributed by atoms with Gasteiger partial charge in [-0.15, -0.1) is 0 Å². The highest BCUT2D eigenvalue weighted by Crippen LogP contribution is 2.15. The number of carbonyl (C=O) groups is 1. The fourth-order valence-corrected chi connectivity index (χ4v) is 4.27. The van der Waals surface area contributed by atoms with E-state index in [1.165, 1.54) is 6.20 Å². The first-order valence-corrected chi connectivity index (χ1v) is 11.0. The number of benzene rings is 2. The normalized spacial score (nSPS) is 15.2. The molecule has 2 aromatic carbocycles. The number of allylic oxidation sites excluding steroid dienone is 1.